The molecule has 108 valence electrons. The molecule has 6 nitrogen and oxygen atoms in total. The van der Waals surface area contributed by atoms with Gasteiger partial charge in [0.25, 0.3) is 0 Å². The van der Waals surface area contributed by atoms with Crippen LogP contribution < -0.4 is 9.47 Å². The second kappa shape index (κ2) is 5.03. The molecule has 0 aliphatic heterocycles. The number of carbonyl (C=O) groups is 1. The van der Waals surface area contributed by atoms with Crippen molar-refractivity contribution in [3.05, 3.63) is 18.3 Å². The van der Waals surface area contributed by atoms with Crippen LogP contribution in [0.3, 0.4) is 0 Å². The minimum absolute atomic E-state index is 0.528. The molecule has 2 aromatic rings. The summed E-state index contributed by atoms with van der Waals surface area (Å²) in [5.74, 6) is 1.12. The van der Waals surface area contributed by atoms with E-state index in [4.69, 9.17) is 14.2 Å². The second-order valence-electron chi connectivity index (χ2n) is 5.30. The number of hydrogen-bond donors (Lipinski definition) is 0. The van der Waals surface area contributed by atoms with Gasteiger partial charge < -0.3 is 14.2 Å². The molecule has 0 radical (unpaired) electrons. The van der Waals surface area contributed by atoms with Gasteiger partial charge in [0.15, 0.2) is 11.5 Å². The van der Waals surface area contributed by atoms with Crippen LogP contribution in [0.1, 0.15) is 20.8 Å². The molecule has 0 fully saturated rings. The van der Waals surface area contributed by atoms with Gasteiger partial charge in [-0.3, -0.25) is 0 Å². The summed E-state index contributed by atoms with van der Waals surface area (Å²) in [5.41, 5.74) is 0.0308. The van der Waals surface area contributed by atoms with Gasteiger partial charge >= 0.3 is 6.09 Å². The average Bonchev–Trinajstić information content (AvgIpc) is 2.77. The van der Waals surface area contributed by atoms with E-state index in [0.29, 0.717) is 17.0 Å². The maximum atomic E-state index is 12.1. The first-order chi connectivity index (χ1) is 9.35. The molecule has 0 unspecified atom stereocenters. The number of ether oxygens (including phenoxy) is 3. The lowest BCUT2D eigenvalue weighted by Gasteiger charge is -2.19. The van der Waals surface area contributed by atoms with E-state index in [1.54, 1.807) is 46.2 Å². The van der Waals surface area contributed by atoms with Crippen molar-refractivity contribution in [2.24, 2.45) is 0 Å². The van der Waals surface area contributed by atoms with Crippen LogP contribution in [0.5, 0.6) is 11.5 Å². The number of aromatic nitrogens is 2. The van der Waals surface area contributed by atoms with Gasteiger partial charge in [-0.05, 0) is 26.8 Å². The van der Waals surface area contributed by atoms with Crippen molar-refractivity contribution in [2.75, 3.05) is 14.2 Å². The molecule has 20 heavy (non-hydrogen) atoms. The lowest BCUT2D eigenvalue weighted by atomic mass is 10.2. The molecule has 1 aromatic carbocycles. The van der Waals surface area contributed by atoms with Crippen molar-refractivity contribution < 1.29 is 19.0 Å². The number of benzene rings is 1. The predicted molar refractivity (Wildman–Crippen MR) is 74.5 cm³/mol. The number of carbonyl (C=O) groups excluding carboxylic acids is 1. The Morgan fingerprint density at radius 2 is 1.75 bits per heavy atom. The van der Waals surface area contributed by atoms with Crippen molar-refractivity contribution in [3.63, 3.8) is 0 Å². The fourth-order valence-electron chi connectivity index (χ4n) is 1.80. The Hall–Kier alpha value is -2.24. The van der Waals surface area contributed by atoms with E-state index in [0.717, 1.165) is 5.39 Å². The third kappa shape index (κ3) is 2.68. The van der Waals surface area contributed by atoms with Crippen molar-refractivity contribution in [1.29, 1.82) is 0 Å². The molecule has 1 heterocycles. The summed E-state index contributed by atoms with van der Waals surface area (Å²) in [6.45, 7) is 5.42. The third-order valence-electron chi connectivity index (χ3n) is 2.64. The van der Waals surface area contributed by atoms with Crippen LogP contribution >= 0.6 is 0 Å². The fourth-order valence-corrected chi connectivity index (χ4v) is 1.80. The van der Waals surface area contributed by atoms with Gasteiger partial charge in [0.05, 0.1) is 25.9 Å². The quantitative estimate of drug-likeness (QED) is 0.845. The molecule has 0 aliphatic carbocycles. The first kappa shape index (κ1) is 14.2. The number of methoxy groups -OCH3 is 2. The second-order valence-corrected chi connectivity index (χ2v) is 5.30. The summed E-state index contributed by atoms with van der Waals surface area (Å²) in [4.78, 5) is 12.1. The van der Waals surface area contributed by atoms with Gasteiger partial charge in [-0.15, -0.1) is 0 Å². The van der Waals surface area contributed by atoms with Gasteiger partial charge in [0, 0.05) is 11.5 Å². The molecular formula is C14H18N2O4. The van der Waals surface area contributed by atoms with Crippen molar-refractivity contribution in [3.8, 4) is 11.5 Å². The Labute approximate surface area is 117 Å². The van der Waals surface area contributed by atoms with Gasteiger partial charge in [-0.25, -0.2) is 4.79 Å². The predicted octanol–water partition coefficient (Wildman–Crippen LogP) is 2.84. The highest BCUT2D eigenvalue weighted by atomic mass is 16.6. The van der Waals surface area contributed by atoms with Gasteiger partial charge in [-0.2, -0.15) is 9.78 Å². The molecule has 0 bridgehead atoms. The van der Waals surface area contributed by atoms with Gasteiger partial charge in [0.2, 0.25) is 0 Å². The van der Waals surface area contributed by atoms with Crippen LogP contribution in [0.2, 0.25) is 0 Å². The van der Waals surface area contributed by atoms with Crippen LogP contribution in [-0.4, -0.2) is 35.7 Å². The number of fused-ring (bicyclic) bond motifs is 1. The highest BCUT2D eigenvalue weighted by Gasteiger charge is 2.21. The Balaban J connectivity index is 2.48. The highest BCUT2D eigenvalue weighted by Crippen LogP contribution is 2.32. The zero-order valence-corrected chi connectivity index (χ0v) is 12.3. The van der Waals surface area contributed by atoms with E-state index in [1.807, 2.05) is 0 Å². The van der Waals surface area contributed by atoms with Gasteiger partial charge in [-0.1, -0.05) is 0 Å². The van der Waals surface area contributed by atoms with Crippen LogP contribution in [-0.2, 0) is 4.74 Å². The van der Waals surface area contributed by atoms with E-state index < -0.39 is 11.7 Å². The van der Waals surface area contributed by atoms with Crippen LogP contribution in [0, 0.1) is 0 Å². The maximum Gasteiger partial charge on any atom is 0.435 e. The normalized spacial score (nSPS) is 11.4. The summed E-state index contributed by atoms with van der Waals surface area (Å²) in [6.07, 6.45) is 1.06. The van der Waals surface area contributed by atoms with E-state index in [1.165, 1.54) is 11.8 Å². The first-order valence-electron chi connectivity index (χ1n) is 6.19. The van der Waals surface area contributed by atoms with Crippen LogP contribution in [0.15, 0.2) is 18.3 Å². The number of nitrogens with zero attached hydrogens (tertiary/aromatic N) is 2. The Bertz CT molecular complexity index is 640. The molecule has 6 heteroatoms. The summed E-state index contributed by atoms with van der Waals surface area (Å²) in [7, 11) is 3.10. The Morgan fingerprint density at radius 3 is 2.30 bits per heavy atom. The SMILES string of the molecule is COc1cc2cnn(C(=O)OC(C)(C)C)c2cc1OC. The minimum atomic E-state index is -0.577. The van der Waals surface area contributed by atoms with Crippen LogP contribution in [0.4, 0.5) is 4.79 Å². The summed E-state index contributed by atoms with van der Waals surface area (Å²) in [6, 6.07) is 3.47. The molecule has 0 atom stereocenters. The fraction of sp³-hybridized carbons (Fsp3) is 0.429. The van der Waals surface area contributed by atoms with E-state index in [-0.39, 0.29) is 0 Å². The molecule has 2 rings (SSSR count). The molecule has 0 saturated carbocycles. The van der Waals surface area contributed by atoms with Crippen molar-refractivity contribution in [1.82, 2.24) is 9.78 Å². The van der Waals surface area contributed by atoms with E-state index in [9.17, 15) is 4.79 Å². The zero-order valence-electron chi connectivity index (χ0n) is 12.3. The molecule has 0 saturated heterocycles. The summed E-state index contributed by atoms with van der Waals surface area (Å²) >= 11 is 0. The molecule has 0 aliphatic rings. The van der Waals surface area contributed by atoms with Crippen LogP contribution in [0.25, 0.3) is 10.9 Å². The molecule has 0 spiro atoms. The zero-order chi connectivity index (χ0) is 14.9. The maximum absolute atomic E-state index is 12.1. The Kier molecular flexibility index (Phi) is 3.57. The largest absolute Gasteiger partial charge is 0.493 e. The summed E-state index contributed by atoms with van der Waals surface area (Å²) < 4.78 is 17.0. The lowest BCUT2D eigenvalue weighted by Crippen LogP contribution is -2.27. The topological polar surface area (TPSA) is 62.6 Å². The summed E-state index contributed by atoms with van der Waals surface area (Å²) in [5, 5.41) is 4.83. The molecule has 0 amide bonds. The first-order valence-corrected chi connectivity index (χ1v) is 6.19. The average molecular weight is 278 g/mol. The van der Waals surface area contributed by atoms with E-state index >= 15 is 0 Å². The number of rotatable bonds is 2. The molecule has 0 N–H and O–H groups in total. The standard InChI is InChI=1S/C14H18N2O4/c1-14(2,3)20-13(17)16-10-7-12(19-5)11(18-4)6-9(10)8-15-16/h6-8H,1-5H3. The Morgan fingerprint density at radius 1 is 1.15 bits per heavy atom. The van der Waals surface area contributed by atoms with Crippen molar-refractivity contribution >= 4 is 17.0 Å². The molecule has 1 aromatic heterocycles. The smallest absolute Gasteiger partial charge is 0.435 e. The molecular weight excluding hydrogens is 260 g/mol. The lowest BCUT2D eigenvalue weighted by molar-refractivity contribution is 0.0522. The highest BCUT2D eigenvalue weighted by molar-refractivity contribution is 5.90. The van der Waals surface area contributed by atoms with Gasteiger partial charge in [0.1, 0.15) is 5.60 Å². The number of hydrogen-bond acceptors (Lipinski definition) is 5. The minimum Gasteiger partial charge on any atom is -0.493 e. The van der Waals surface area contributed by atoms with E-state index in [2.05, 4.69) is 5.10 Å². The van der Waals surface area contributed by atoms with Crippen molar-refractivity contribution in [2.45, 2.75) is 26.4 Å². The third-order valence-corrected chi connectivity index (χ3v) is 2.64. The monoisotopic (exact) mass is 278 g/mol.